The van der Waals surface area contributed by atoms with Gasteiger partial charge in [-0.25, -0.2) is 4.79 Å². The van der Waals surface area contributed by atoms with Crippen molar-refractivity contribution in [3.63, 3.8) is 0 Å². The number of carbonyl (C=O) groups is 2. The number of nitrogens with one attached hydrogen (secondary N) is 2. The summed E-state index contributed by atoms with van der Waals surface area (Å²) >= 11 is 5.72. The average Bonchev–Trinajstić information content (AvgIpc) is 2.30. The van der Waals surface area contributed by atoms with Crippen LogP contribution in [0.1, 0.15) is 20.3 Å². The fraction of sp³-hybridized carbons (Fsp3) is 0.385. The van der Waals surface area contributed by atoms with Gasteiger partial charge in [0.1, 0.15) is 0 Å². The molecule has 1 atom stereocenters. The molecule has 0 spiro atoms. The third-order valence-electron chi connectivity index (χ3n) is 2.40. The van der Waals surface area contributed by atoms with Crippen LogP contribution in [0.2, 0.25) is 5.02 Å². The molecule has 1 aromatic carbocycles. The molecule has 1 rings (SSSR count). The summed E-state index contributed by atoms with van der Waals surface area (Å²) in [6, 6.07) is 4.91. The van der Waals surface area contributed by atoms with E-state index in [1.807, 2.05) is 13.8 Å². The Morgan fingerprint density at radius 3 is 2.32 bits per heavy atom. The second-order valence-electron chi connectivity index (χ2n) is 4.61. The Bertz CT molecular complexity index is 446. The maximum Gasteiger partial charge on any atom is 0.319 e. The molecule has 0 heterocycles. The van der Waals surface area contributed by atoms with E-state index in [1.54, 1.807) is 24.3 Å². The average molecular weight is 284 g/mol. The summed E-state index contributed by atoms with van der Waals surface area (Å²) in [4.78, 5) is 22.5. The molecular weight excluding hydrogens is 268 g/mol. The van der Waals surface area contributed by atoms with Crippen LogP contribution >= 0.6 is 11.6 Å². The van der Waals surface area contributed by atoms with Gasteiger partial charge >= 0.3 is 6.03 Å². The topological polar surface area (TPSA) is 81.3 Å². The van der Waals surface area contributed by atoms with Gasteiger partial charge in [0.05, 0.1) is 12.0 Å². The van der Waals surface area contributed by atoms with E-state index >= 15 is 0 Å². The summed E-state index contributed by atoms with van der Waals surface area (Å²) in [7, 11) is 0. The summed E-state index contributed by atoms with van der Waals surface area (Å²) in [6.45, 7) is 3.74. The molecule has 0 saturated carbocycles. The number of amides is 2. The van der Waals surface area contributed by atoms with Crippen molar-refractivity contribution in [2.45, 2.75) is 26.3 Å². The lowest BCUT2D eigenvalue weighted by Gasteiger charge is -2.21. The third kappa shape index (κ3) is 5.61. The molecule has 0 unspecified atom stereocenters. The fourth-order valence-corrected chi connectivity index (χ4v) is 1.67. The van der Waals surface area contributed by atoms with Gasteiger partial charge in [-0.2, -0.15) is 0 Å². The van der Waals surface area contributed by atoms with E-state index in [0.29, 0.717) is 17.1 Å². The minimum absolute atomic E-state index is 0.138. The maximum absolute atomic E-state index is 11.6. The first kappa shape index (κ1) is 15.3. The number of carboxylic acids is 1. The zero-order valence-corrected chi connectivity index (χ0v) is 11.5. The van der Waals surface area contributed by atoms with Crippen LogP contribution in [0.5, 0.6) is 0 Å². The van der Waals surface area contributed by atoms with Gasteiger partial charge in [0, 0.05) is 10.7 Å². The van der Waals surface area contributed by atoms with Gasteiger partial charge in [0.2, 0.25) is 0 Å². The lowest BCUT2D eigenvalue weighted by atomic mass is 10.0. The molecule has 0 fully saturated rings. The SMILES string of the molecule is CC(C)C[C@H](NC(=O)Nc1ccc(Cl)cc1)C(=O)[O-]. The minimum Gasteiger partial charge on any atom is -0.548 e. The highest BCUT2D eigenvalue weighted by molar-refractivity contribution is 6.30. The zero-order valence-electron chi connectivity index (χ0n) is 10.8. The Kier molecular flexibility index (Phi) is 5.63. The standard InChI is InChI=1S/C13H17ClN2O3/c1-8(2)7-11(12(17)18)16-13(19)15-10-5-3-9(14)4-6-10/h3-6,8,11H,7H2,1-2H3,(H,17,18)(H2,15,16,19)/p-1/t11-/m0/s1. The Morgan fingerprint density at radius 1 is 1.26 bits per heavy atom. The van der Waals surface area contributed by atoms with Crippen LogP contribution in [-0.2, 0) is 4.79 Å². The third-order valence-corrected chi connectivity index (χ3v) is 2.65. The molecule has 0 radical (unpaired) electrons. The number of hydrogen-bond acceptors (Lipinski definition) is 3. The summed E-state index contributed by atoms with van der Waals surface area (Å²) < 4.78 is 0. The summed E-state index contributed by atoms with van der Waals surface area (Å²) in [5.74, 6) is -1.15. The predicted molar refractivity (Wildman–Crippen MR) is 71.9 cm³/mol. The van der Waals surface area contributed by atoms with Crippen LogP contribution in [0.15, 0.2) is 24.3 Å². The molecular formula is C13H16ClN2O3-. The van der Waals surface area contributed by atoms with E-state index < -0.39 is 18.0 Å². The van der Waals surface area contributed by atoms with E-state index in [0.717, 1.165) is 0 Å². The Hall–Kier alpha value is -1.75. The molecule has 104 valence electrons. The van der Waals surface area contributed by atoms with Gasteiger partial charge in [-0.3, -0.25) is 0 Å². The molecule has 1 aromatic rings. The zero-order chi connectivity index (χ0) is 14.4. The van der Waals surface area contributed by atoms with Crippen LogP contribution in [0.25, 0.3) is 0 Å². The number of aliphatic carboxylic acids is 1. The van der Waals surface area contributed by atoms with Crippen molar-refractivity contribution in [2.24, 2.45) is 5.92 Å². The molecule has 0 aromatic heterocycles. The van der Waals surface area contributed by atoms with Crippen molar-refractivity contribution in [2.75, 3.05) is 5.32 Å². The highest BCUT2D eigenvalue weighted by Gasteiger charge is 2.15. The number of anilines is 1. The Labute approximate surface area is 117 Å². The molecule has 6 heteroatoms. The predicted octanol–water partition coefficient (Wildman–Crippen LogP) is 1.63. The van der Waals surface area contributed by atoms with Crippen LogP contribution in [0.3, 0.4) is 0 Å². The Balaban J connectivity index is 2.57. The van der Waals surface area contributed by atoms with E-state index in [-0.39, 0.29) is 5.92 Å². The minimum atomic E-state index is -1.29. The first-order valence-corrected chi connectivity index (χ1v) is 6.30. The van der Waals surface area contributed by atoms with Crippen molar-refractivity contribution in [1.82, 2.24) is 5.32 Å². The van der Waals surface area contributed by atoms with Crippen molar-refractivity contribution in [3.05, 3.63) is 29.3 Å². The molecule has 0 aliphatic heterocycles. The molecule has 0 saturated heterocycles. The number of benzene rings is 1. The largest absolute Gasteiger partial charge is 0.548 e. The van der Waals surface area contributed by atoms with Gasteiger partial charge in [-0.15, -0.1) is 0 Å². The number of halogens is 1. The molecule has 5 nitrogen and oxygen atoms in total. The smallest absolute Gasteiger partial charge is 0.319 e. The number of carboxylic acid groups (broad SMARTS) is 1. The molecule has 2 N–H and O–H groups in total. The fourth-order valence-electron chi connectivity index (χ4n) is 1.54. The highest BCUT2D eigenvalue weighted by atomic mass is 35.5. The van der Waals surface area contributed by atoms with Gasteiger partial charge in [-0.05, 0) is 36.6 Å². The highest BCUT2D eigenvalue weighted by Crippen LogP contribution is 2.13. The van der Waals surface area contributed by atoms with Gasteiger partial charge in [0.25, 0.3) is 0 Å². The lowest BCUT2D eigenvalue weighted by molar-refractivity contribution is -0.308. The van der Waals surface area contributed by atoms with Crippen molar-refractivity contribution < 1.29 is 14.7 Å². The first-order chi connectivity index (χ1) is 8.88. The number of carbonyl (C=O) groups excluding carboxylic acids is 2. The molecule has 0 aliphatic rings. The van der Waals surface area contributed by atoms with Crippen LogP contribution < -0.4 is 15.7 Å². The van der Waals surface area contributed by atoms with Crippen LogP contribution in [0, 0.1) is 5.92 Å². The summed E-state index contributed by atoms with van der Waals surface area (Å²) in [6.07, 6.45) is 0.316. The summed E-state index contributed by atoms with van der Waals surface area (Å²) in [5, 5.41) is 16.3. The quantitative estimate of drug-likeness (QED) is 0.862. The second-order valence-corrected chi connectivity index (χ2v) is 5.04. The maximum atomic E-state index is 11.6. The first-order valence-electron chi connectivity index (χ1n) is 5.92. The Morgan fingerprint density at radius 2 is 1.84 bits per heavy atom. The second kappa shape index (κ2) is 6.99. The van der Waals surface area contributed by atoms with E-state index in [1.165, 1.54) is 0 Å². The van der Waals surface area contributed by atoms with Crippen LogP contribution in [-0.4, -0.2) is 18.0 Å². The molecule has 19 heavy (non-hydrogen) atoms. The molecule has 0 bridgehead atoms. The van der Waals surface area contributed by atoms with Crippen LogP contribution in [0.4, 0.5) is 10.5 Å². The monoisotopic (exact) mass is 283 g/mol. The number of rotatable bonds is 5. The lowest BCUT2D eigenvalue weighted by Crippen LogP contribution is -2.49. The van der Waals surface area contributed by atoms with E-state index in [2.05, 4.69) is 10.6 Å². The van der Waals surface area contributed by atoms with Crippen molar-refractivity contribution in [1.29, 1.82) is 0 Å². The molecule has 2 amide bonds. The number of hydrogen-bond donors (Lipinski definition) is 2. The van der Waals surface area contributed by atoms with E-state index in [9.17, 15) is 14.7 Å². The number of urea groups is 1. The molecule has 0 aliphatic carbocycles. The van der Waals surface area contributed by atoms with Gasteiger partial charge in [-0.1, -0.05) is 25.4 Å². The van der Waals surface area contributed by atoms with Gasteiger partial charge in [0.15, 0.2) is 0 Å². The van der Waals surface area contributed by atoms with Crippen molar-refractivity contribution in [3.8, 4) is 0 Å². The van der Waals surface area contributed by atoms with Gasteiger partial charge < -0.3 is 20.5 Å². The van der Waals surface area contributed by atoms with Crippen molar-refractivity contribution >= 4 is 29.3 Å². The summed E-state index contributed by atoms with van der Waals surface area (Å²) in [5.41, 5.74) is 0.531. The van der Waals surface area contributed by atoms with E-state index in [4.69, 9.17) is 11.6 Å². The normalized spacial score (nSPS) is 12.0.